The van der Waals surface area contributed by atoms with Gasteiger partial charge in [0.25, 0.3) is 15.9 Å². The lowest BCUT2D eigenvalue weighted by Crippen LogP contribution is -2.29. The first-order valence-electron chi connectivity index (χ1n) is 8.00. The Morgan fingerprint density at radius 3 is 2.33 bits per heavy atom. The predicted molar refractivity (Wildman–Crippen MR) is 108 cm³/mol. The molecule has 0 unspecified atom stereocenters. The second-order valence-corrected chi connectivity index (χ2v) is 10.7. The largest absolute Gasteiger partial charge is 0.351 e. The van der Waals surface area contributed by atoms with E-state index in [9.17, 15) is 21.6 Å². The normalized spacial score (nSPS) is 11.8. The Kier molecular flexibility index (Phi) is 7.01. The number of halogens is 1. The van der Waals surface area contributed by atoms with Crippen molar-refractivity contribution in [2.24, 2.45) is 0 Å². The minimum atomic E-state index is -3.79. The summed E-state index contributed by atoms with van der Waals surface area (Å²) in [6, 6.07) is 12.1. The van der Waals surface area contributed by atoms with Gasteiger partial charge in [-0.15, -0.1) is 0 Å². The van der Waals surface area contributed by atoms with E-state index in [1.54, 1.807) is 12.1 Å². The Morgan fingerprint density at radius 1 is 1.04 bits per heavy atom. The molecule has 2 aromatic rings. The van der Waals surface area contributed by atoms with Crippen LogP contribution >= 0.6 is 15.9 Å². The van der Waals surface area contributed by atoms with Crippen LogP contribution in [0.4, 0.5) is 5.69 Å². The molecule has 0 aliphatic rings. The van der Waals surface area contributed by atoms with Crippen LogP contribution in [0.5, 0.6) is 0 Å². The zero-order chi connectivity index (χ0) is 20.1. The van der Waals surface area contributed by atoms with Crippen LogP contribution in [-0.4, -0.2) is 40.8 Å². The van der Waals surface area contributed by atoms with Crippen LogP contribution in [0.2, 0.25) is 0 Å². The third-order valence-electron chi connectivity index (χ3n) is 3.64. The topological polar surface area (TPSA) is 109 Å². The maximum atomic E-state index is 12.4. The lowest BCUT2D eigenvalue weighted by molar-refractivity contribution is 0.0956. The van der Waals surface area contributed by atoms with Crippen LogP contribution in [0.3, 0.4) is 0 Å². The highest BCUT2D eigenvalue weighted by Gasteiger charge is 2.15. The Hall–Kier alpha value is -1.91. The molecule has 0 aromatic heterocycles. The molecule has 0 heterocycles. The van der Waals surface area contributed by atoms with E-state index in [1.807, 2.05) is 0 Å². The quantitative estimate of drug-likeness (QED) is 0.610. The molecule has 1 amide bonds. The third-order valence-corrected chi connectivity index (χ3v) is 7.27. The van der Waals surface area contributed by atoms with Crippen LogP contribution in [0, 0.1) is 0 Å². The van der Waals surface area contributed by atoms with E-state index in [2.05, 4.69) is 26.0 Å². The van der Waals surface area contributed by atoms with Gasteiger partial charge in [0.05, 0.1) is 10.6 Å². The number of rotatable bonds is 8. The number of carbonyl (C=O) groups excluding carboxylic acids is 1. The summed E-state index contributed by atoms with van der Waals surface area (Å²) in [5, 5.41) is 2.52. The third kappa shape index (κ3) is 6.33. The molecule has 0 spiro atoms. The van der Waals surface area contributed by atoms with Gasteiger partial charge >= 0.3 is 0 Å². The molecule has 0 aliphatic heterocycles. The summed E-state index contributed by atoms with van der Waals surface area (Å²) in [5.41, 5.74) is 0.451. The fourth-order valence-electron chi connectivity index (χ4n) is 2.12. The minimum absolute atomic E-state index is 0.0101. The Labute approximate surface area is 167 Å². The van der Waals surface area contributed by atoms with E-state index in [-0.39, 0.29) is 34.2 Å². The van der Waals surface area contributed by atoms with Gasteiger partial charge in [-0.25, -0.2) is 16.8 Å². The van der Waals surface area contributed by atoms with Crippen molar-refractivity contribution in [3.8, 4) is 0 Å². The fraction of sp³-hybridized carbons (Fsp3) is 0.235. The van der Waals surface area contributed by atoms with Gasteiger partial charge < -0.3 is 5.32 Å². The van der Waals surface area contributed by atoms with Gasteiger partial charge in [-0.2, -0.15) is 0 Å². The first-order valence-corrected chi connectivity index (χ1v) is 12.1. The number of sulfonamides is 1. The van der Waals surface area contributed by atoms with Crippen molar-refractivity contribution < 1.29 is 21.6 Å². The van der Waals surface area contributed by atoms with Gasteiger partial charge in [0.15, 0.2) is 9.84 Å². The summed E-state index contributed by atoms with van der Waals surface area (Å²) < 4.78 is 50.9. The molecule has 2 N–H and O–H groups in total. The minimum Gasteiger partial charge on any atom is -0.351 e. The SMILES string of the molecule is CCS(=O)(=O)CCNC(=O)c1cccc(NS(=O)(=O)c2ccc(Br)cc2)c1. The molecule has 27 heavy (non-hydrogen) atoms. The van der Waals surface area contributed by atoms with Crippen molar-refractivity contribution in [1.29, 1.82) is 0 Å². The monoisotopic (exact) mass is 474 g/mol. The number of carbonyl (C=O) groups is 1. The molecule has 0 fully saturated rings. The lowest BCUT2D eigenvalue weighted by Gasteiger charge is -2.10. The van der Waals surface area contributed by atoms with Gasteiger partial charge in [-0.3, -0.25) is 9.52 Å². The van der Waals surface area contributed by atoms with Crippen LogP contribution in [0.15, 0.2) is 57.9 Å². The summed E-state index contributed by atoms with van der Waals surface area (Å²) in [7, 11) is -6.97. The number of benzene rings is 2. The van der Waals surface area contributed by atoms with Gasteiger partial charge in [0.1, 0.15) is 0 Å². The predicted octanol–water partition coefficient (Wildman–Crippen LogP) is 2.41. The molecule has 0 atom stereocenters. The molecular formula is C17H19BrN2O5S2. The number of sulfone groups is 1. The summed E-state index contributed by atoms with van der Waals surface area (Å²) in [6.07, 6.45) is 0. The van der Waals surface area contributed by atoms with Crippen molar-refractivity contribution in [2.45, 2.75) is 11.8 Å². The first kappa shape index (κ1) is 21.4. The number of nitrogens with one attached hydrogen (secondary N) is 2. The van der Waals surface area contributed by atoms with Crippen molar-refractivity contribution in [3.05, 3.63) is 58.6 Å². The average molecular weight is 475 g/mol. The maximum Gasteiger partial charge on any atom is 0.261 e. The van der Waals surface area contributed by atoms with Gasteiger partial charge in [-0.05, 0) is 42.5 Å². The molecule has 10 heteroatoms. The van der Waals surface area contributed by atoms with E-state index in [0.717, 1.165) is 4.47 Å². The molecule has 0 saturated carbocycles. The van der Waals surface area contributed by atoms with E-state index in [1.165, 1.54) is 43.3 Å². The molecule has 146 valence electrons. The van der Waals surface area contributed by atoms with Crippen LogP contribution < -0.4 is 10.0 Å². The molecule has 2 rings (SSSR count). The number of amides is 1. The summed E-state index contributed by atoms with van der Waals surface area (Å²) >= 11 is 3.24. The van der Waals surface area contributed by atoms with Crippen LogP contribution in [0.25, 0.3) is 0 Å². The highest BCUT2D eigenvalue weighted by atomic mass is 79.9. The van der Waals surface area contributed by atoms with Crippen molar-refractivity contribution >= 4 is 47.4 Å². The highest BCUT2D eigenvalue weighted by molar-refractivity contribution is 9.10. The van der Waals surface area contributed by atoms with E-state index in [4.69, 9.17) is 0 Å². The lowest BCUT2D eigenvalue weighted by atomic mass is 10.2. The van der Waals surface area contributed by atoms with E-state index in [0.29, 0.717) is 0 Å². The zero-order valence-electron chi connectivity index (χ0n) is 14.5. The second-order valence-electron chi connectivity index (χ2n) is 5.63. The molecule has 0 saturated heterocycles. The molecular weight excluding hydrogens is 456 g/mol. The molecule has 2 aromatic carbocycles. The number of hydrogen-bond acceptors (Lipinski definition) is 5. The average Bonchev–Trinajstić information content (AvgIpc) is 2.61. The van der Waals surface area contributed by atoms with Crippen molar-refractivity contribution in [3.63, 3.8) is 0 Å². The van der Waals surface area contributed by atoms with Crippen LogP contribution in [0.1, 0.15) is 17.3 Å². The maximum absolute atomic E-state index is 12.4. The fourth-order valence-corrected chi connectivity index (χ4v) is 4.13. The van der Waals surface area contributed by atoms with Crippen LogP contribution in [-0.2, 0) is 19.9 Å². The summed E-state index contributed by atoms with van der Waals surface area (Å²) in [4.78, 5) is 12.2. The van der Waals surface area contributed by atoms with Crippen molar-refractivity contribution in [1.82, 2.24) is 5.32 Å². The summed E-state index contributed by atoms with van der Waals surface area (Å²) in [6.45, 7) is 1.53. The highest BCUT2D eigenvalue weighted by Crippen LogP contribution is 2.19. The molecule has 0 radical (unpaired) electrons. The van der Waals surface area contributed by atoms with E-state index < -0.39 is 25.8 Å². The summed E-state index contributed by atoms with van der Waals surface area (Å²) in [5.74, 6) is -0.618. The van der Waals surface area contributed by atoms with Crippen molar-refractivity contribution in [2.75, 3.05) is 22.8 Å². The second kappa shape index (κ2) is 8.85. The zero-order valence-corrected chi connectivity index (χ0v) is 17.7. The Morgan fingerprint density at radius 2 is 1.70 bits per heavy atom. The molecule has 0 aliphatic carbocycles. The standard InChI is InChI=1S/C17H19BrN2O5S2/c1-2-26(22,23)11-10-19-17(21)13-4-3-5-15(12-13)20-27(24,25)16-8-6-14(18)7-9-16/h3-9,12,20H,2,10-11H2,1H3,(H,19,21). The van der Waals surface area contributed by atoms with Gasteiger partial charge in [0, 0.05) is 28.0 Å². The Balaban J connectivity index is 2.08. The van der Waals surface area contributed by atoms with Gasteiger partial charge in [-0.1, -0.05) is 28.9 Å². The number of anilines is 1. The Bertz CT molecular complexity index is 1020. The molecule has 7 nitrogen and oxygen atoms in total. The molecule has 0 bridgehead atoms. The van der Waals surface area contributed by atoms with Gasteiger partial charge in [0.2, 0.25) is 0 Å². The number of hydrogen-bond donors (Lipinski definition) is 2. The van der Waals surface area contributed by atoms with E-state index >= 15 is 0 Å². The first-order chi connectivity index (χ1) is 12.6. The smallest absolute Gasteiger partial charge is 0.261 e.